The first-order chi connectivity index (χ1) is 3.84. The number of nitriles is 1. The highest BCUT2D eigenvalue weighted by Crippen LogP contribution is 2.18. The van der Waals surface area contributed by atoms with Crippen molar-refractivity contribution in [3.05, 3.63) is 0 Å². The molecule has 0 amide bonds. The Morgan fingerprint density at radius 3 is 2.75 bits per heavy atom. The van der Waals surface area contributed by atoms with Crippen molar-refractivity contribution in [3.8, 4) is 6.07 Å². The summed E-state index contributed by atoms with van der Waals surface area (Å²) in [5.74, 6) is 0.148. The summed E-state index contributed by atoms with van der Waals surface area (Å²) in [4.78, 5) is 0. The van der Waals surface area contributed by atoms with E-state index in [1.807, 2.05) is 6.92 Å². The molecule has 2 nitrogen and oxygen atoms in total. The van der Waals surface area contributed by atoms with Crippen molar-refractivity contribution in [2.45, 2.75) is 19.4 Å². The van der Waals surface area contributed by atoms with E-state index in [9.17, 15) is 0 Å². The van der Waals surface area contributed by atoms with E-state index in [2.05, 4.69) is 6.07 Å². The Morgan fingerprint density at radius 1 is 1.75 bits per heavy atom. The standard InChI is InChI=1S/C6H9NO/c1-5-6(4-7)2-3-8-5/h5-6H,2-3H2,1H3/t5-,6-/m0/s1. The summed E-state index contributed by atoms with van der Waals surface area (Å²) >= 11 is 0. The van der Waals surface area contributed by atoms with Gasteiger partial charge >= 0.3 is 0 Å². The Labute approximate surface area is 49.1 Å². The van der Waals surface area contributed by atoms with Gasteiger partial charge in [-0.1, -0.05) is 0 Å². The second-order valence-electron chi connectivity index (χ2n) is 2.10. The minimum Gasteiger partial charge on any atom is -0.377 e. The summed E-state index contributed by atoms with van der Waals surface area (Å²) in [7, 11) is 0. The molecule has 1 heterocycles. The van der Waals surface area contributed by atoms with E-state index >= 15 is 0 Å². The predicted octanol–water partition coefficient (Wildman–Crippen LogP) is 0.935. The topological polar surface area (TPSA) is 33.0 Å². The summed E-state index contributed by atoms with van der Waals surface area (Å²) in [6, 6.07) is 2.19. The first-order valence-electron chi connectivity index (χ1n) is 2.86. The van der Waals surface area contributed by atoms with E-state index in [4.69, 9.17) is 10.00 Å². The van der Waals surface area contributed by atoms with Crippen LogP contribution in [0.1, 0.15) is 13.3 Å². The Hall–Kier alpha value is -0.550. The molecule has 0 N–H and O–H groups in total. The fourth-order valence-corrected chi connectivity index (χ4v) is 0.901. The van der Waals surface area contributed by atoms with E-state index in [1.165, 1.54) is 0 Å². The second-order valence-corrected chi connectivity index (χ2v) is 2.10. The van der Waals surface area contributed by atoms with Crippen LogP contribution in [-0.4, -0.2) is 12.7 Å². The van der Waals surface area contributed by atoms with E-state index in [0.29, 0.717) is 0 Å². The van der Waals surface area contributed by atoms with Crippen LogP contribution in [0.2, 0.25) is 0 Å². The molecule has 1 aliphatic heterocycles. The molecule has 0 bridgehead atoms. The molecule has 0 aromatic rings. The largest absolute Gasteiger partial charge is 0.377 e. The summed E-state index contributed by atoms with van der Waals surface area (Å²) in [5, 5.41) is 8.41. The molecular formula is C6H9NO. The van der Waals surface area contributed by atoms with Gasteiger partial charge in [-0.2, -0.15) is 5.26 Å². The number of rotatable bonds is 0. The maximum absolute atomic E-state index is 8.41. The SMILES string of the molecule is C[C@@H]1OCC[C@H]1C#N. The molecule has 1 fully saturated rings. The monoisotopic (exact) mass is 111 g/mol. The van der Waals surface area contributed by atoms with Gasteiger partial charge in [-0.15, -0.1) is 0 Å². The zero-order valence-electron chi connectivity index (χ0n) is 4.92. The van der Waals surface area contributed by atoms with Crippen molar-refractivity contribution < 1.29 is 4.74 Å². The smallest absolute Gasteiger partial charge is 0.0744 e. The number of hydrogen-bond acceptors (Lipinski definition) is 2. The van der Waals surface area contributed by atoms with Crippen LogP contribution in [0.25, 0.3) is 0 Å². The summed E-state index contributed by atoms with van der Waals surface area (Å²) < 4.78 is 5.13. The first kappa shape index (κ1) is 5.58. The van der Waals surface area contributed by atoms with Gasteiger partial charge < -0.3 is 4.74 Å². The van der Waals surface area contributed by atoms with Gasteiger partial charge in [-0.05, 0) is 13.3 Å². The Balaban J connectivity index is 2.45. The molecule has 44 valence electrons. The van der Waals surface area contributed by atoms with Gasteiger partial charge in [0.25, 0.3) is 0 Å². The quantitative estimate of drug-likeness (QED) is 0.466. The molecule has 1 rings (SSSR count). The molecule has 0 radical (unpaired) electrons. The Morgan fingerprint density at radius 2 is 2.50 bits per heavy atom. The van der Waals surface area contributed by atoms with Gasteiger partial charge in [-0.25, -0.2) is 0 Å². The molecule has 0 unspecified atom stereocenters. The number of nitrogens with zero attached hydrogens (tertiary/aromatic N) is 1. The molecule has 1 aliphatic rings. The summed E-state index contributed by atoms with van der Waals surface area (Å²) in [6.07, 6.45) is 1.08. The lowest BCUT2D eigenvalue weighted by molar-refractivity contribution is 0.115. The third-order valence-electron chi connectivity index (χ3n) is 1.54. The number of hydrogen-bond donors (Lipinski definition) is 0. The first-order valence-corrected chi connectivity index (χ1v) is 2.86. The minimum absolute atomic E-state index is 0.148. The molecular weight excluding hydrogens is 102 g/mol. The Kier molecular flexibility index (Phi) is 1.50. The molecule has 1 saturated heterocycles. The van der Waals surface area contributed by atoms with Crippen molar-refractivity contribution in [1.29, 1.82) is 5.26 Å². The maximum Gasteiger partial charge on any atom is 0.0744 e. The minimum atomic E-state index is 0.148. The lowest BCUT2D eigenvalue weighted by Crippen LogP contribution is -2.07. The molecule has 2 atom stereocenters. The third kappa shape index (κ3) is 0.823. The van der Waals surface area contributed by atoms with Gasteiger partial charge in [0.15, 0.2) is 0 Å². The van der Waals surface area contributed by atoms with Gasteiger partial charge in [0.2, 0.25) is 0 Å². The van der Waals surface area contributed by atoms with E-state index < -0.39 is 0 Å². The average Bonchev–Trinajstić information content (AvgIpc) is 2.14. The predicted molar refractivity (Wildman–Crippen MR) is 29.1 cm³/mol. The van der Waals surface area contributed by atoms with Crippen molar-refractivity contribution in [1.82, 2.24) is 0 Å². The zero-order valence-corrected chi connectivity index (χ0v) is 4.92. The zero-order chi connectivity index (χ0) is 5.98. The summed E-state index contributed by atoms with van der Waals surface area (Å²) in [6.45, 7) is 2.71. The molecule has 0 saturated carbocycles. The van der Waals surface area contributed by atoms with Gasteiger partial charge in [0, 0.05) is 6.61 Å². The molecule has 2 heteroatoms. The van der Waals surface area contributed by atoms with Crippen LogP contribution in [0.3, 0.4) is 0 Å². The van der Waals surface area contributed by atoms with Crippen molar-refractivity contribution in [2.24, 2.45) is 5.92 Å². The van der Waals surface area contributed by atoms with Gasteiger partial charge in [-0.3, -0.25) is 0 Å². The molecule has 0 aromatic carbocycles. The van der Waals surface area contributed by atoms with Crippen LogP contribution < -0.4 is 0 Å². The van der Waals surface area contributed by atoms with E-state index in [0.717, 1.165) is 13.0 Å². The normalized spacial score (nSPS) is 37.0. The second kappa shape index (κ2) is 2.15. The van der Waals surface area contributed by atoms with Crippen molar-refractivity contribution in [2.75, 3.05) is 6.61 Å². The fourth-order valence-electron chi connectivity index (χ4n) is 0.901. The van der Waals surface area contributed by atoms with Crippen LogP contribution in [0.4, 0.5) is 0 Å². The number of ether oxygens (including phenoxy) is 1. The highest BCUT2D eigenvalue weighted by atomic mass is 16.5. The fraction of sp³-hybridized carbons (Fsp3) is 0.833. The molecule has 0 spiro atoms. The van der Waals surface area contributed by atoms with Crippen LogP contribution in [0.5, 0.6) is 0 Å². The molecule has 8 heavy (non-hydrogen) atoms. The highest BCUT2D eigenvalue weighted by Gasteiger charge is 2.22. The Bertz CT molecular complexity index is 116. The van der Waals surface area contributed by atoms with E-state index in [-0.39, 0.29) is 12.0 Å². The third-order valence-corrected chi connectivity index (χ3v) is 1.54. The van der Waals surface area contributed by atoms with Crippen LogP contribution >= 0.6 is 0 Å². The van der Waals surface area contributed by atoms with Crippen LogP contribution in [-0.2, 0) is 4.74 Å². The van der Waals surface area contributed by atoms with E-state index in [1.54, 1.807) is 0 Å². The maximum atomic E-state index is 8.41. The van der Waals surface area contributed by atoms with Crippen molar-refractivity contribution >= 4 is 0 Å². The van der Waals surface area contributed by atoms with Crippen LogP contribution in [0.15, 0.2) is 0 Å². The summed E-state index contributed by atoms with van der Waals surface area (Å²) in [5.41, 5.74) is 0. The van der Waals surface area contributed by atoms with Crippen molar-refractivity contribution in [3.63, 3.8) is 0 Å². The van der Waals surface area contributed by atoms with Gasteiger partial charge in [0.1, 0.15) is 0 Å². The average molecular weight is 111 g/mol. The molecule has 0 aromatic heterocycles. The molecule has 0 aliphatic carbocycles. The highest BCUT2D eigenvalue weighted by molar-refractivity contribution is 4.90. The lowest BCUT2D eigenvalue weighted by atomic mass is 10.1. The van der Waals surface area contributed by atoms with Gasteiger partial charge in [0.05, 0.1) is 18.1 Å². The lowest BCUT2D eigenvalue weighted by Gasteiger charge is -2.01. The van der Waals surface area contributed by atoms with Crippen LogP contribution in [0, 0.1) is 17.2 Å².